The Kier molecular flexibility index (Phi) is 7.52. The standard InChI is InChI=1S/C25H35N3O3/c1-17(2)12-14-27(15-13-18(3)4)24(30)19-8-7-9-20(16-19)28-25(31)22-11-6-5-10-21(22)23(29)26-28/h5-9,16-18,21-22H,10-15H2,1-4H3,(H,26,29). The molecule has 2 unspecified atom stereocenters. The maximum absolute atomic E-state index is 13.3. The van der Waals surface area contributed by atoms with Gasteiger partial charge in [0.05, 0.1) is 17.5 Å². The molecule has 31 heavy (non-hydrogen) atoms. The molecule has 1 fully saturated rings. The quantitative estimate of drug-likeness (QED) is 0.635. The van der Waals surface area contributed by atoms with Crippen LogP contribution in [-0.2, 0) is 9.59 Å². The van der Waals surface area contributed by atoms with Crippen molar-refractivity contribution in [1.82, 2.24) is 10.3 Å². The first-order valence-corrected chi connectivity index (χ1v) is 11.5. The van der Waals surface area contributed by atoms with Crippen LogP contribution >= 0.6 is 0 Å². The lowest BCUT2D eigenvalue weighted by atomic mass is 9.80. The lowest BCUT2D eigenvalue weighted by molar-refractivity contribution is -0.139. The highest BCUT2D eigenvalue weighted by Crippen LogP contribution is 2.32. The van der Waals surface area contributed by atoms with Gasteiger partial charge >= 0.3 is 0 Å². The number of hydrazine groups is 1. The summed E-state index contributed by atoms with van der Waals surface area (Å²) in [5.74, 6) is 0.0973. The Hall–Kier alpha value is -2.63. The van der Waals surface area contributed by atoms with E-state index >= 15 is 0 Å². The number of rotatable bonds is 8. The van der Waals surface area contributed by atoms with E-state index in [9.17, 15) is 14.4 Å². The second-order valence-corrected chi connectivity index (χ2v) is 9.51. The molecule has 3 amide bonds. The molecule has 1 N–H and O–H groups in total. The summed E-state index contributed by atoms with van der Waals surface area (Å²) in [6.07, 6.45) is 6.99. The van der Waals surface area contributed by atoms with E-state index in [-0.39, 0.29) is 29.6 Å². The number of carbonyl (C=O) groups is 3. The number of benzene rings is 1. The molecule has 1 aliphatic carbocycles. The van der Waals surface area contributed by atoms with Gasteiger partial charge in [0.2, 0.25) is 11.8 Å². The van der Waals surface area contributed by atoms with E-state index in [1.165, 1.54) is 5.01 Å². The fraction of sp³-hybridized carbons (Fsp3) is 0.560. The number of nitrogens with one attached hydrogen (secondary N) is 1. The van der Waals surface area contributed by atoms with Gasteiger partial charge in [0, 0.05) is 18.7 Å². The first kappa shape index (κ1) is 23.0. The summed E-state index contributed by atoms with van der Waals surface area (Å²) in [6, 6.07) is 7.04. The summed E-state index contributed by atoms with van der Waals surface area (Å²) in [5.41, 5.74) is 3.82. The molecule has 0 bridgehead atoms. The van der Waals surface area contributed by atoms with Crippen LogP contribution in [0.3, 0.4) is 0 Å². The fourth-order valence-electron chi connectivity index (χ4n) is 4.09. The molecule has 6 nitrogen and oxygen atoms in total. The van der Waals surface area contributed by atoms with Crippen LogP contribution in [0.2, 0.25) is 0 Å². The second kappa shape index (κ2) is 10.1. The Morgan fingerprint density at radius 1 is 1.03 bits per heavy atom. The van der Waals surface area contributed by atoms with Gasteiger partial charge in [-0.05, 0) is 55.7 Å². The van der Waals surface area contributed by atoms with Gasteiger partial charge in [-0.3, -0.25) is 19.8 Å². The summed E-state index contributed by atoms with van der Waals surface area (Å²) in [6.45, 7) is 10.0. The minimum atomic E-state index is -0.341. The molecule has 0 radical (unpaired) electrons. The van der Waals surface area contributed by atoms with Crippen molar-refractivity contribution in [2.45, 2.75) is 53.4 Å². The third kappa shape index (κ3) is 5.54. The molecule has 1 heterocycles. The zero-order valence-corrected chi connectivity index (χ0v) is 19.1. The SMILES string of the molecule is CC(C)CCN(CCC(C)C)C(=O)c1cccc(N2NC(=O)C3CC=CCC3C2=O)c1. The molecule has 1 aliphatic heterocycles. The summed E-state index contributed by atoms with van der Waals surface area (Å²) < 4.78 is 0. The number of carbonyl (C=O) groups excluding carboxylic acids is 3. The second-order valence-electron chi connectivity index (χ2n) is 9.51. The summed E-state index contributed by atoms with van der Waals surface area (Å²) >= 11 is 0. The molecule has 2 atom stereocenters. The molecule has 0 spiro atoms. The first-order valence-electron chi connectivity index (χ1n) is 11.5. The van der Waals surface area contributed by atoms with E-state index in [4.69, 9.17) is 0 Å². The molecule has 1 aromatic carbocycles. The number of hydrogen-bond acceptors (Lipinski definition) is 3. The Balaban J connectivity index is 1.80. The lowest BCUT2D eigenvalue weighted by Crippen LogP contribution is -2.59. The van der Waals surface area contributed by atoms with Crippen LogP contribution in [0.5, 0.6) is 0 Å². The van der Waals surface area contributed by atoms with Crippen molar-refractivity contribution in [1.29, 1.82) is 0 Å². The molecule has 2 aliphatic rings. The lowest BCUT2D eigenvalue weighted by Gasteiger charge is -2.38. The number of fused-ring (bicyclic) bond motifs is 1. The third-order valence-corrected chi connectivity index (χ3v) is 6.12. The van der Waals surface area contributed by atoms with Crippen LogP contribution in [0.15, 0.2) is 36.4 Å². The smallest absolute Gasteiger partial charge is 0.253 e. The predicted molar refractivity (Wildman–Crippen MR) is 122 cm³/mol. The van der Waals surface area contributed by atoms with Crippen LogP contribution in [-0.4, -0.2) is 35.7 Å². The van der Waals surface area contributed by atoms with Gasteiger partial charge in [-0.15, -0.1) is 0 Å². The molecule has 1 saturated heterocycles. The molecular formula is C25H35N3O3. The van der Waals surface area contributed by atoms with Crippen molar-refractivity contribution in [3.63, 3.8) is 0 Å². The average Bonchev–Trinajstić information content (AvgIpc) is 2.75. The van der Waals surface area contributed by atoms with Crippen molar-refractivity contribution >= 4 is 23.4 Å². The van der Waals surface area contributed by atoms with Crippen molar-refractivity contribution in [2.75, 3.05) is 18.1 Å². The molecule has 0 aromatic heterocycles. The highest BCUT2D eigenvalue weighted by molar-refractivity contribution is 6.05. The molecule has 3 rings (SSSR count). The van der Waals surface area contributed by atoms with Gasteiger partial charge in [0.1, 0.15) is 0 Å². The minimum absolute atomic E-state index is 0.0302. The van der Waals surface area contributed by atoms with Gasteiger partial charge < -0.3 is 4.90 Å². The Bertz CT molecular complexity index is 834. The molecule has 0 saturated carbocycles. The van der Waals surface area contributed by atoms with E-state index in [1.54, 1.807) is 24.3 Å². The largest absolute Gasteiger partial charge is 0.339 e. The number of amides is 3. The van der Waals surface area contributed by atoms with Gasteiger partial charge in [-0.1, -0.05) is 45.9 Å². The number of hydrogen-bond donors (Lipinski definition) is 1. The molecular weight excluding hydrogens is 390 g/mol. The maximum atomic E-state index is 13.3. The van der Waals surface area contributed by atoms with Crippen molar-refractivity contribution in [2.24, 2.45) is 23.7 Å². The zero-order chi connectivity index (χ0) is 22.5. The number of anilines is 1. The Morgan fingerprint density at radius 3 is 2.26 bits per heavy atom. The predicted octanol–water partition coefficient (Wildman–Crippen LogP) is 4.18. The van der Waals surface area contributed by atoms with Gasteiger partial charge in [-0.25, -0.2) is 5.01 Å². The van der Waals surface area contributed by atoms with Gasteiger partial charge in [0.25, 0.3) is 5.91 Å². The van der Waals surface area contributed by atoms with Crippen molar-refractivity contribution in [3.8, 4) is 0 Å². The zero-order valence-electron chi connectivity index (χ0n) is 19.1. The first-order chi connectivity index (χ1) is 14.8. The monoisotopic (exact) mass is 425 g/mol. The number of allylic oxidation sites excluding steroid dienone is 2. The van der Waals surface area contributed by atoms with Crippen LogP contribution in [0.1, 0.15) is 63.7 Å². The van der Waals surface area contributed by atoms with E-state index in [1.807, 2.05) is 17.1 Å². The molecule has 6 heteroatoms. The van der Waals surface area contributed by atoms with Crippen LogP contribution < -0.4 is 10.4 Å². The molecule has 168 valence electrons. The highest BCUT2D eigenvalue weighted by atomic mass is 16.2. The summed E-state index contributed by atoms with van der Waals surface area (Å²) in [7, 11) is 0. The Morgan fingerprint density at radius 2 is 1.65 bits per heavy atom. The topological polar surface area (TPSA) is 69.7 Å². The minimum Gasteiger partial charge on any atom is -0.339 e. The van der Waals surface area contributed by atoms with Crippen molar-refractivity contribution < 1.29 is 14.4 Å². The van der Waals surface area contributed by atoms with Gasteiger partial charge in [-0.2, -0.15) is 0 Å². The average molecular weight is 426 g/mol. The van der Waals surface area contributed by atoms with Crippen LogP contribution in [0, 0.1) is 23.7 Å². The van der Waals surface area contributed by atoms with Crippen molar-refractivity contribution in [3.05, 3.63) is 42.0 Å². The van der Waals surface area contributed by atoms with Gasteiger partial charge in [0.15, 0.2) is 0 Å². The number of nitrogens with zero attached hydrogens (tertiary/aromatic N) is 2. The highest BCUT2D eigenvalue weighted by Gasteiger charge is 2.42. The van der Waals surface area contributed by atoms with E-state index in [0.717, 1.165) is 12.8 Å². The summed E-state index contributed by atoms with van der Waals surface area (Å²) in [4.78, 5) is 40.8. The summed E-state index contributed by atoms with van der Waals surface area (Å²) in [5, 5.41) is 1.33. The van der Waals surface area contributed by atoms with Crippen LogP contribution in [0.25, 0.3) is 0 Å². The fourth-order valence-corrected chi connectivity index (χ4v) is 4.09. The Labute approximate surface area is 185 Å². The maximum Gasteiger partial charge on any atom is 0.253 e. The van der Waals surface area contributed by atoms with Crippen LogP contribution in [0.4, 0.5) is 5.69 Å². The normalized spacial score (nSPS) is 20.8. The van der Waals surface area contributed by atoms with E-state index in [0.29, 0.717) is 49.0 Å². The molecule has 1 aromatic rings. The van der Waals surface area contributed by atoms with E-state index < -0.39 is 0 Å². The third-order valence-electron chi connectivity index (χ3n) is 6.12. The van der Waals surface area contributed by atoms with E-state index in [2.05, 4.69) is 33.1 Å².